The molecule has 3 rings (SSSR count). The molecule has 1 aromatic heterocycles. The van der Waals surface area contributed by atoms with Crippen molar-refractivity contribution in [3.05, 3.63) is 59.9 Å². The molecule has 1 N–H and O–H groups in total. The minimum atomic E-state index is -0.257. The highest BCUT2D eigenvalue weighted by Crippen LogP contribution is 2.25. The number of carbonyl (C=O) groups excluding carboxylic acids is 1. The quantitative estimate of drug-likeness (QED) is 0.483. The van der Waals surface area contributed by atoms with E-state index in [2.05, 4.69) is 46.4 Å². The van der Waals surface area contributed by atoms with Gasteiger partial charge in [0, 0.05) is 37.9 Å². The molecule has 8 heteroatoms. The second kappa shape index (κ2) is 10.9. The number of aromatic nitrogens is 3. The molecule has 164 valence electrons. The standard InChI is InChI=1S/C23H28FN5OS/c1-4-29(5-2)20-12-8-18(9-13-20)22-26-27-23(28(22)3)31-16-21(30)25-15-14-17-6-10-19(24)11-7-17/h6-13H,4-5,14-16H2,1-3H3,(H,25,30). The molecular formula is C23H28FN5OS. The maximum absolute atomic E-state index is 12.9. The molecule has 0 aliphatic heterocycles. The van der Waals surface area contributed by atoms with E-state index in [9.17, 15) is 9.18 Å². The number of carbonyl (C=O) groups is 1. The first-order chi connectivity index (χ1) is 15.0. The first-order valence-electron chi connectivity index (χ1n) is 10.4. The SMILES string of the molecule is CCN(CC)c1ccc(-c2nnc(SCC(=O)NCCc3ccc(F)cc3)n2C)cc1. The third-order valence-corrected chi connectivity index (χ3v) is 6.09. The number of hydrogen-bond acceptors (Lipinski definition) is 5. The lowest BCUT2D eigenvalue weighted by Gasteiger charge is -2.21. The largest absolute Gasteiger partial charge is 0.372 e. The van der Waals surface area contributed by atoms with Crippen LogP contribution in [0.4, 0.5) is 10.1 Å². The van der Waals surface area contributed by atoms with Gasteiger partial charge < -0.3 is 14.8 Å². The lowest BCUT2D eigenvalue weighted by Crippen LogP contribution is -2.27. The fourth-order valence-corrected chi connectivity index (χ4v) is 4.02. The molecule has 3 aromatic rings. The van der Waals surface area contributed by atoms with E-state index in [1.165, 1.54) is 29.6 Å². The summed E-state index contributed by atoms with van der Waals surface area (Å²) >= 11 is 1.35. The summed E-state index contributed by atoms with van der Waals surface area (Å²) in [5.74, 6) is 0.702. The summed E-state index contributed by atoms with van der Waals surface area (Å²) in [5, 5.41) is 12.1. The Balaban J connectivity index is 1.51. The molecule has 0 bridgehead atoms. The van der Waals surface area contributed by atoms with E-state index >= 15 is 0 Å². The lowest BCUT2D eigenvalue weighted by atomic mass is 10.1. The van der Waals surface area contributed by atoms with Crippen molar-refractivity contribution in [2.45, 2.75) is 25.4 Å². The van der Waals surface area contributed by atoms with Gasteiger partial charge in [-0.15, -0.1) is 10.2 Å². The first kappa shape index (κ1) is 22.8. The number of rotatable bonds is 10. The molecule has 0 unspecified atom stereocenters. The average Bonchev–Trinajstić information content (AvgIpc) is 3.15. The van der Waals surface area contributed by atoms with Crippen LogP contribution >= 0.6 is 11.8 Å². The third-order valence-electron chi connectivity index (χ3n) is 5.07. The molecule has 0 atom stereocenters. The summed E-state index contributed by atoms with van der Waals surface area (Å²) in [5.41, 5.74) is 3.16. The summed E-state index contributed by atoms with van der Waals surface area (Å²) < 4.78 is 14.8. The van der Waals surface area contributed by atoms with Crippen LogP contribution < -0.4 is 10.2 Å². The van der Waals surface area contributed by atoms with E-state index in [0.29, 0.717) is 18.1 Å². The van der Waals surface area contributed by atoms with Gasteiger partial charge in [-0.25, -0.2) is 4.39 Å². The Morgan fingerprint density at radius 2 is 1.74 bits per heavy atom. The summed E-state index contributed by atoms with van der Waals surface area (Å²) in [4.78, 5) is 14.4. The molecule has 0 spiro atoms. The molecule has 0 saturated heterocycles. The van der Waals surface area contributed by atoms with Crippen LogP contribution in [0.5, 0.6) is 0 Å². The van der Waals surface area contributed by atoms with Gasteiger partial charge in [-0.05, 0) is 62.2 Å². The molecule has 1 heterocycles. The van der Waals surface area contributed by atoms with Crippen LogP contribution in [-0.4, -0.2) is 46.1 Å². The molecule has 0 fully saturated rings. The molecule has 2 aromatic carbocycles. The van der Waals surface area contributed by atoms with Crippen LogP contribution in [0.1, 0.15) is 19.4 Å². The number of hydrogen-bond donors (Lipinski definition) is 1. The zero-order valence-corrected chi connectivity index (χ0v) is 19.0. The minimum absolute atomic E-state index is 0.0692. The smallest absolute Gasteiger partial charge is 0.230 e. The molecular weight excluding hydrogens is 413 g/mol. The number of amides is 1. The molecule has 0 radical (unpaired) electrons. The Labute approximate surface area is 186 Å². The minimum Gasteiger partial charge on any atom is -0.372 e. The fraction of sp³-hybridized carbons (Fsp3) is 0.348. The van der Waals surface area contributed by atoms with Gasteiger partial charge >= 0.3 is 0 Å². The van der Waals surface area contributed by atoms with Gasteiger partial charge in [0.25, 0.3) is 0 Å². The van der Waals surface area contributed by atoms with Gasteiger partial charge in [0.2, 0.25) is 5.91 Å². The van der Waals surface area contributed by atoms with Crippen LogP contribution in [0.15, 0.2) is 53.7 Å². The topological polar surface area (TPSA) is 63.1 Å². The van der Waals surface area contributed by atoms with Crippen molar-refractivity contribution in [3.8, 4) is 11.4 Å². The van der Waals surface area contributed by atoms with E-state index in [1.54, 1.807) is 12.1 Å². The van der Waals surface area contributed by atoms with Gasteiger partial charge in [-0.2, -0.15) is 0 Å². The van der Waals surface area contributed by atoms with Crippen molar-refractivity contribution in [2.75, 3.05) is 30.3 Å². The van der Waals surface area contributed by atoms with Crippen molar-refractivity contribution >= 4 is 23.4 Å². The second-order valence-corrected chi connectivity index (χ2v) is 8.04. The monoisotopic (exact) mass is 441 g/mol. The van der Waals surface area contributed by atoms with Crippen molar-refractivity contribution in [1.29, 1.82) is 0 Å². The molecule has 6 nitrogen and oxygen atoms in total. The second-order valence-electron chi connectivity index (χ2n) is 7.10. The molecule has 0 aliphatic carbocycles. The summed E-state index contributed by atoms with van der Waals surface area (Å²) in [6.07, 6.45) is 0.661. The van der Waals surface area contributed by atoms with Crippen molar-refractivity contribution in [1.82, 2.24) is 20.1 Å². The number of anilines is 1. The average molecular weight is 442 g/mol. The Hall–Kier alpha value is -2.87. The summed E-state index contributed by atoms with van der Waals surface area (Å²) in [6.45, 7) is 6.72. The predicted octanol–water partition coefficient (Wildman–Crippen LogP) is 3.92. The third kappa shape index (κ3) is 6.07. The van der Waals surface area contributed by atoms with Crippen molar-refractivity contribution < 1.29 is 9.18 Å². The van der Waals surface area contributed by atoms with E-state index in [0.717, 1.165) is 30.0 Å². The summed E-state index contributed by atoms with van der Waals surface area (Å²) in [6, 6.07) is 14.6. The normalized spacial score (nSPS) is 10.8. The Morgan fingerprint density at radius 3 is 2.39 bits per heavy atom. The van der Waals surface area contributed by atoms with Gasteiger partial charge in [0.1, 0.15) is 5.82 Å². The van der Waals surface area contributed by atoms with Crippen LogP contribution in [0, 0.1) is 5.82 Å². The number of nitrogens with one attached hydrogen (secondary N) is 1. The van der Waals surface area contributed by atoms with E-state index < -0.39 is 0 Å². The molecule has 1 amide bonds. The number of benzene rings is 2. The van der Waals surface area contributed by atoms with Gasteiger partial charge in [0.15, 0.2) is 11.0 Å². The highest BCUT2D eigenvalue weighted by atomic mass is 32.2. The van der Waals surface area contributed by atoms with Crippen LogP contribution in [0.2, 0.25) is 0 Å². The lowest BCUT2D eigenvalue weighted by molar-refractivity contribution is -0.118. The maximum Gasteiger partial charge on any atom is 0.230 e. The predicted molar refractivity (Wildman–Crippen MR) is 124 cm³/mol. The summed E-state index contributed by atoms with van der Waals surface area (Å²) in [7, 11) is 1.91. The van der Waals surface area contributed by atoms with Gasteiger partial charge in [-0.3, -0.25) is 4.79 Å². The number of halogens is 1. The van der Waals surface area contributed by atoms with Crippen LogP contribution in [-0.2, 0) is 18.3 Å². The zero-order valence-electron chi connectivity index (χ0n) is 18.1. The Morgan fingerprint density at radius 1 is 1.06 bits per heavy atom. The van der Waals surface area contributed by atoms with Gasteiger partial charge in [-0.1, -0.05) is 23.9 Å². The molecule has 0 saturated carbocycles. The first-order valence-corrected chi connectivity index (χ1v) is 11.4. The van der Waals surface area contributed by atoms with E-state index in [4.69, 9.17) is 0 Å². The van der Waals surface area contributed by atoms with Crippen LogP contribution in [0.3, 0.4) is 0 Å². The van der Waals surface area contributed by atoms with Crippen LogP contribution in [0.25, 0.3) is 11.4 Å². The molecule has 0 aliphatic rings. The van der Waals surface area contributed by atoms with E-state index in [1.807, 2.05) is 23.7 Å². The van der Waals surface area contributed by atoms with Gasteiger partial charge in [0.05, 0.1) is 5.75 Å². The highest BCUT2D eigenvalue weighted by Gasteiger charge is 2.13. The fourth-order valence-electron chi connectivity index (χ4n) is 3.28. The van der Waals surface area contributed by atoms with Crippen molar-refractivity contribution in [3.63, 3.8) is 0 Å². The Kier molecular flexibility index (Phi) is 8.06. The maximum atomic E-state index is 12.9. The number of thioether (sulfide) groups is 1. The Bertz CT molecular complexity index is 984. The molecule has 31 heavy (non-hydrogen) atoms. The van der Waals surface area contributed by atoms with E-state index in [-0.39, 0.29) is 17.5 Å². The zero-order chi connectivity index (χ0) is 22.2. The van der Waals surface area contributed by atoms with Crippen molar-refractivity contribution in [2.24, 2.45) is 7.05 Å². The number of nitrogens with zero attached hydrogens (tertiary/aromatic N) is 4. The highest BCUT2D eigenvalue weighted by molar-refractivity contribution is 7.99.